The molecule has 4 rings (SSSR count). The van der Waals surface area contributed by atoms with E-state index in [1.807, 2.05) is 6.92 Å². The molecule has 2 aromatic rings. The number of aliphatic imine (C=N–C) groups is 1. The van der Waals surface area contributed by atoms with Crippen LogP contribution in [-0.4, -0.2) is 16.8 Å². The van der Waals surface area contributed by atoms with E-state index in [-0.39, 0.29) is 24.0 Å². The summed E-state index contributed by atoms with van der Waals surface area (Å²) in [6, 6.07) is 7.90. The lowest BCUT2D eigenvalue weighted by Crippen LogP contribution is -2.33. The lowest BCUT2D eigenvalue weighted by molar-refractivity contribution is 0.0988. The number of aromatic nitrogens is 1. The fourth-order valence-electron chi connectivity index (χ4n) is 3.88. The van der Waals surface area contributed by atoms with Crippen LogP contribution >= 0.6 is 11.6 Å². The molecule has 0 saturated heterocycles. The van der Waals surface area contributed by atoms with Crippen molar-refractivity contribution in [2.45, 2.75) is 38.1 Å². The molecule has 2 N–H and O–H groups in total. The zero-order valence-electron chi connectivity index (χ0n) is 15.3. The molecule has 28 heavy (non-hydrogen) atoms. The van der Waals surface area contributed by atoms with Crippen molar-refractivity contribution < 1.29 is 13.9 Å². The molecule has 1 aliphatic carbocycles. The van der Waals surface area contributed by atoms with E-state index in [4.69, 9.17) is 22.1 Å². The Morgan fingerprint density at radius 1 is 1.32 bits per heavy atom. The topological polar surface area (TPSA) is 77.6 Å². The Kier molecular flexibility index (Phi) is 4.67. The molecule has 144 valence electrons. The zero-order valence-corrected chi connectivity index (χ0v) is 16.1. The Labute approximate surface area is 167 Å². The smallest absolute Gasteiger partial charge is 0.288 e. The number of Topliss-reactive ketones (excluding diaryl/α,β-unsaturated/α-hetero) is 1. The van der Waals surface area contributed by atoms with Gasteiger partial charge >= 0.3 is 0 Å². The van der Waals surface area contributed by atoms with Crippen LogP contribution in [0.25, 0.3) is 0 Å². The number of nitrogens with zero attached hydrogens (tertiary/aromatic N) is 2. The van der Waals surface area contributed by atoms with Crippen LogP contribution in [0.5, 0.6) is 0 Å². The van der Waals surface area contributed by atoms with Crippen molar-refractivity contribution in [3.05, 3.63) is 75.5 Å². The molecule has 0 amide bonds. The van der Waals surface area contributed by atoms with Crippen molar-refractivity contribution in [3.8, 4) is 0 Å². The molecule has 0 bridgehead atoms. The standard InChI is InChI=1S/C21H19ClFN3O2/c1-21(14-3-2-4-19(14)28-20(24)26-21)15-9-12(5-7-16(15)23)10-18(27)17-8-6-13(22)11-25-17/h5-9,11H,2-4,10H2,1H3,(H2,24,26)/t21-/m0/s1. The maximum atomic E-state index is 14.8. The van der Waals surface area contributed by atoms with E-state index in [0.29, 0.717) is 21.8 Å². The first-order chi connectivity index (χ1) is 13.4. The summed E-state index contributed by atoms with van der Waals surface area (Å²) < 4.78 is 20.3. The summed E-state index contributed by atoms with van der Waals surface area (Å²) in [5, 5.41) is 0.462. The van der Waals surface area contributed by atoms with Gasteiger partial charge in [-0.1, -0.05) is 17.7 Å². The van der Waals surface area contributed by atoms with Crippen molar-refractivity contribution in [1.29, 1.82) is 0 Å². The second kappa shape index (κ2) is 7.02. The van der Waals surface area contributed by atoms with Crippen molar-refractivity contribution in [2.75, 3.05) is 0 Å². The van der Waals surface area contributed by atoms with Gasteiger partial charge in [0.15, 0.2) is 5.78 Å². The Morgan fingerprint density at radius 2 is 2.14 bits per heavy atom. The average Bonchev–Trinajstić information content (AvgIpc) is 3.13. The Hall–Kier alpha value is -2.73. The fraction of sp³-hybridized carbons (Fsp3) is 0.286. The molecule has 0 fully saturated rings. The average molecular weight is 400 g/mol. The molecule has 1 aromatic carbocycles. The highest BCUT2D eigenvalue weighted by Crippen LogP contribution is 2.46. The zero-order chi connectivity index (χ0) is 19.9. The largest absolute Gasteiger partial charge is 0.431 e. The summed E-state index contributed by atoms with van der Waals surface area (Å²) in [4.78, 5) is 21.0. The molecule has 0 saturated carbocycles. The molecule has 1 aromatic heterocycles. The lowest BCUT2D eigenvalue weighted by atomic mass is 9.82. The van der Waals surface area contributed by atoms with E-state index < -0.39 is 5.54 Å². The Morgan fingerprint density at radius 3 is 2.89 bits per heavy atom. The maximum absolute atomic E-state index is 14.8. The number of amidine groups is 1. The molecule has 7 heteroatoms. The van der Waals surface area contributed by atoms with E-state index in [0.717, 1.165) is 30.6 Å². The molecular weight excluding hydrogens is 381 g/mol. The van der Waals surface area contributed by atoms with Gasteiger partial charge in [0, 0.05) is 30.2 Å². The third-order valence-corrected chi connectivity index (χ3v) is 5.47. The van der Waals surface area contributed by atoms with Gasteiger partial charge in [-0.3, -0.25) is 9.78 Å². The van der Waals surface area contributed by atoms with Gasteiger partial charge in [-0.2, -0.15) is 0 Å². The number of nitrogens with two attached hydrogens (primary N) is 1. The van der Waals surface area contributed by atoms with Crippen LogP contribution in [-0.2, 0) is 16.7 Å². The van der Waals surface area contributed by atoms with Crippen LogP contribution in [0.1, 0.15) is 47.8 Å². The molecule has 0 unspecified atom stereocenters. The molecule has 2 aliphatic rings. The SMILES string of the molecule is C[C@]1(c2cc(CC(=O)c3ccc(Cl)cn3)ccc2F)N=C(N)OC2=C1CCC2. The Balaban J connectivity index is 1.68. The number of hydrogen-bond donors (Lipinski definition) is 1. The van der Waals surface area contributed by atoms with Gasteiger partial charge in [0.25, 0.3) is 6.02 Å². The summed E-state index contributed by atoms with van der Waals surface area (Å²) in [5.74, 6) is 0.219. The summed E-state index contributed by atoms with van der Waals surface area (Å²) in [5.41, 5.74) is 7.26. The summed E-state index contributed by atoms with van der Waals surface area (Å²) in [7, 11) is 0. The van der Waals surface area contributed by atoms with Crippen LogP contribution in [0.3, 0.4) is 0 Å². The number of allylic oxidation sites excluding steroid dienone is 1. The van der Waals surface area contributed by atoms with Gasteiger partial charge in [0.2, 0.25) is 0 Å². The van der Waals surface area contributed by atoms with Gasteiger partial charge in [-0.05, 0) is 49.6 Å². The van der Waals surface area contributed by atoms with Crippen molar-refractivity contribution in [1.82, 2.24) is 4.98 Å². The molecule has 1 atom stereocenters. The maximum Gasteiger partial charge on any atom is 0.288 e. The van der Waals surface area contributed by atoms with Gasteiger partial charge in [-0.15, -0.1) is 0 Å². The van der Waals surface area contributed by atoms with E-state index in [1.165, 1.54) is 12.3 Å². The molecule has 5 nitrogen and oxygen atoms in total. The normalized spacial score (nSPS) is 21.2. The molecule has 0 spiro atoms. The second-order valence-corrected chi connectivity index (χ2v) is 7.59. The summed E-state index contributed by atoms with van der Waals surface area (Å²) in [6.07, 6.45) is 3.99. The van der Waals surface area contributed by atoms with E-state index in [9.17, 15) is 9.18 Å². The van der Waals surface area contributed by atoms with Gasteiger partial charge < -0.3 is 10.5 Å². The number of carbonyl (C=O) groups is 1. The minimum Gasteiger partial charge on any atom is -0.431 e. The minimum atomic E-state index is -0.935. The van der Waals surface area contributed by atoms with Crippen molar-refractivity contribution >= 4 is 23.4 Å². The second-order valence-electron chi connectivity index (χ2n) is 7.16. The van der Waals surface area contributed by atoms with Gasteiger partial charge in [-0.25, -0.2) is 9.38 Å². The van der Waals surface area contributed by atoms with E-state index >= 15 is 0 Å². The van der Waals surface area contributed by atoms with Crippen LogP contribution in [0, 0.1) is 5.82 Å². The highest BCUT2D eigenvalue weighted by Gasteiger charge is 2.41. The van der Waals surface area contributed by atoms with Crippen molar-refractivity contribution in [3.63, 3.8) is 0 Å². The number of rotatable bonds is 4. The van der Waals surface area contributed by atoms with Crippen LogP contribution in [0.4, 0.5) is 4.39 Å². The van der Waals surface area contributed by atoms with E-state index in [1.54, 1.807) is 24.3 Å². The monoisotopic (exact) mass is 399 g/mol. The summed E-state index contributed by atoms with van der Waals surface area (Å²) >= 11 is 5.82. The van der Waals surface area contributed by atoms with Crippen LogP contribution in [0.15, 0.2) is 52.9 Å². The van der Waals surface area contributed by atoms with Crippen LogP contribution in [0.2, 0.25) is 5.02 Å². The number of hydrogen-bond acceptors (Lipinski definition) is 5. The quantitative estimate of drug-likeness (QED) is 0.777. The molecule has 0 radical (unpaired) electrons. The lowest BCUT2D eigenvalue weighted by Gasteiger charge is -2.32. The van der Waals surface area contributed by atoms with Gasteiger partial charge in [0.1, 0.15) is 22.8 Å². The predicted molar refractivity (Wildman–Crippen MR) is 105 cm³/mol. The molecular formula is C21H19ClFN3O2. The predicted octanol–water partition coefficient (Wildman–Crippen LogP) is 4.30. The third kappa shape index (κ3) is 3.29. The van der Waals surface area contributed by atoms with E-state index in [2.05, 4.69) is 9.98 Å². The highest BCUT2D eigenvalue weighted by atomic mass is 35.5. The highest BCUT2D eigenvalue weighted by molar-refractivity contribution is 6.30. The number of ether oxygens (including phenoxy) is 1. The Bertz CT molecular complexity index is 1020. The number of benzene rings is 1. The first-order valence-corrected chi connectivity index (χ1v) is 9.44. The molecule has 1 aliphatic heterocycles. The number of pyridine rings is 1. The number of halogens is 2. The molecule has 2 heterocycles. The third-order valence-electron chi connectivity index (χ3n) is 5.25. The first kappa shape index (κ1) is 18.6. The minimum absolute atomic E-state index is 0.0365. The number of carbonyl (C=O) groups excluding carboxylic acids is 1. The van der Waals surface area contributed by atoms with Crippen molar-refractivity contribution in [2.24, 2.45) is 10.7 Å². The number of ketones is 1. The first-order valence-electron chi connectivity index (χ1n) is 9.06. The van der Waals surface area contributed by atoms with Crippen LogP contribution < -0.4 is 5.73 Å². The fourth-order valence-corrected chi connectivity index (χ4v) is 3.99. The summed E-state index contributed by atoms with van der Waals surface area (Å²) in [6.45, 7) is 1.84. The van der Waals surface area contributed by atoms with Gasteiger partial charge in [0.05, 0.1) is 5.02 Å².